The molecule has 1 aliphatic carbocycles. The van der Waals surface area contributed by atoms with E-state index in [-0.39, 0.29) is 12.8 Å². The fraction of sp³-hybridized carbons (Fsp3) is 0.925. The quantitative estimate of drug-likeness (QED) is 0.0145. The normalized spacial score (nSPS) is 21.1. The molecule has 6 unspecified atom stereocenters. The van der Waals surface area contributed by atoms with Crippen molar-refractivity contribution in [3.8, 4) is 0 Å². The van der Waals surface area contributed by atoms with Crippen LogP contribution >= 0.6 is 7.82 Å². The first-order chi connectivity index (χ1) is 32.4. The molecule has 0 amide bonds. The SMILES string of the molecule is CCCCCCCC/C=C/CCCCCCCCCC(=O)OC[C@H](COP(=O)(O)OC1C(O)C(O)C(O)[C@@H](O)C1O)OC(=O)CCCCCCCCCCCCCCCCCCCCCCC. The van der Waals surface area contributed by atoms with Crippen molar-refractivity contribution in [3.63, 3.8) is 0 Å². The molecule has 0 radical (unpaired) electrons. The number of hydrogen-bond acceptors (Lipinski definition) is 12. The molecule has 1 saturated carbocycles. The maximum Gasteiger partial charge on any atom is 0.472 e. The van der Waals surface area contributed by atoms with E-state index in [2.05, 4.69) is 26.0 Å². The van der Waals surface area contributed by atoms with Crippen LogP contribution < -0.4 is 0 Å². The second-order valence-corrected chi connectivity index (χ2v) is 20.9. The van der Waals surface area contributed by atoms with Gasteiger partial charge >= 0.3 is 19.8 Å². The van der Waals surface area contributed by atoms with Gasteiger partial charge in [-0.2, -0.15) is 0 Å². The van der Waals surface area contributed by atoms with Crippen molar-refractivity contribution in [3.05, 3.63) is 12.2 Å². The van der Waals surface area contributed by atoms with Crippen molar-refractivity contribution in [1.82, 2.24) is 0 Å². The molecular formula is C53H101O13P. The molecule has 0 bridgehead atoms. The lowest BCUT2D eigenvalue weighted by atomic mass is 9.85. The van der Waals surface area contributed by atoms with E-state index in [1.807, 2.05) is 0 Å². The Balaban J connectivity index is 2.35. The third kappa shape index (κ3) is 35.4. The number of carbonyl (C=O) groups excluding carboxylic acids is 2. The van der Waals surface area contributed by atoms with Gasteiger partial charge in [0.1, 0.15) is 43.2 Å². The van der Waals surface area contributed by atoms with Gasteiger partial charge in [0.25, 0.3) is 0 Å². The van der Waals surface area contributed by atoms with Crippen LogP contribution in [-0.4, -0.2) is 98.3 Å². The lowest BCUT2D eigenvalue weighted by Crippen LogP contribution is -2.64. The maximum atomic E-state index is 12.9. The Morgan fingerprint density at radius 3 is 1.13 bits per heavy atom. The van der Waals surface area contributed by atoms with E-state index in [0.29, 0.717) is 12.8 Å². The predicted molar refractivity (Wildman–Crippen MR) is 267 cm³/mol. The highest BCUT2D eigenvalue weighted by Crippen LogP contribution is 2.47. The summed E-state index contributed by atoms with van der Waals surface area (Å²) in [6, 6.07) is 0. The van der Waals surface area contributed by atoms with Crippen LogP contribution in [0.4, 0.5) is 0 Å². The fourth-order valence-electron chi connectivity index (χ4n) is 8.70. The van der Waals surface area contributed by atoms with Gasteiger partial charge in [-0.25, -0.2) is 4.57 Å². The Morgan fingerprint density at radius 2 is 0.761 bits per heavy atom. The van der Waals surface area contributed by atoms with E-state index in [9.17, 15) is 44.6 Å². The van der Waals surface area contributed by atoms with Gasteiger partial charge in [0.2, 0.25) is 0 Å². The fourth-order valence-corrected chi connectivity index (χ4v) is 9.67. The van der Waals surface area contributed by atoms with E-state index in [1.54, 1.807) is 0 Å². The van der Waals surface area contributed by atoms with Gasteiger partial charge in [0.15, 0.2) is 6.10 Å². The summed E-state index contributed by atoms with van der Waals surface area (Å²) in [5.41, 5.74) is 0. The number of phosphoric ester groups is 1. The van der Waals surface area contributed by atoms with Crippen molar-refractivity contribution in [2.24, 2.45) is 0 Å². The number of rotatable bonds is 47. The zero-order chi connectivity index (χ0) is 49.2. The van der Waals surface area contributed by atoms with E-state index >= 15 is 0 Å². The summed E-state index contributed by atoms with van der Waals surface area (Å²) >= 11 is 0. The van der Waals surface area contributed by atoms with Crippen LogP contribution in [0.5, 0.6) is 0 Å². The smallest absolute Gasteiger partial charge is 0.462 e. The first-order valence-electron chi connectivity index (χ1n) is 27.5. The lowest BCUT2D eigenvalue weighted by Gasteiger charge is -2.41. The minimum Gasteiger partial charge on any atom is -0.462 e. The molecule has 67 heavy (non-hydrogen) atoms. The molecule has 1 rings (SSSR count). The molecule has 6 N–H and O–H groups in total. The average molecular weight is 977 g/mol. The van der Waals surface area contributed by atoms with Crippen molar-refractivity contribution in [2.75, 3.05) is 13.2 Å². The Kier molecular flexibility index (Phi) is 41.2. The molecule has 0 aliphatic heterocycles. The van der Waals surface area contributed by atoms with Gasteiger partial charge in [-0.05, 0) is 38.5 Å². The van der Waals surface area contributed by atoms with Gasteiger partial charge in [-0.15, -0.1) is 0 Å². The zero-order valence-corrected chi connectivity index (χ0v) is 43.4. The summed E-state index contributed by atoms with van der Waals surface area (Å²) in [5.74, 6) is -1.09. The largest absolute Gasteiger partial charge is 0.472 e. The van der Waals surface area contributed by atoms with Crippen LogP contribution in [0.3, 0.4) is 0 Å². The molecular weight excluding hydrogens is 876 g/mol. The number of unbranched alkanes of at least 4 members (excludes halogenated alkanes) is 33. The molecule has 0 heterocycles. The Morgan fingerprint density at radius 1 is 0.448 bits per heavy atom. The van der Waals surface area contributed by atoms with Crippen molar-refractivity contribution < 1.29 is 63.1 Å². The first kappa shape index (κ1) is 63.6. The number of hydrogen-bond donors (Lipinski definition) is 6. The summed E-state index contributed by atoms with van der Waals surface area (Å²) < 4.78 is 33.7. The third-order valence-corrected chi connectivity index (χ3v) is 14.1. The van der Waals surface area contributed by atoms with Crippen molar-refractivity contribution in [1.29, 1.82) is 0 Å². The number of aliphatic hydroxyl groups excluding tert-OH is 5. The molecule has 0 aromatic heterocycles. The Bertz CT molecular complexity index is 1220. The van der Waals surface area contributed by atoms with Crippen molar-refractivity contribution >= 4 is 19.8 Å². The van der Waals surface area contributed by atoms with Gasteiger partial charge < -0.3 is 39.9 Å². The minimum atomic E-state index is -5.12. The summed E-state index contributed by atoms with van der Waals surface area (Å²) in [6.07, 6.45) is 35.4. The van der Waals surface area contributed by atoms with Crippen LogP contribution in [0.1, 0.15) is 258 Å². The van der Waals surface area contributed by atoms with Crippen LogP contribution in [0.15, 0.2) is 12.2 Å². The highest BCUT2D eigenvalue weighted by molar-refractivity contribution is 7.47. The van der Waals surface area contributed by atoms with E-state index in [0.717, 1.165) is 51.4 Å². The molecule has 14 heteroatoms. The standard InChI is InChI=1S/C53H101O13P/c1-3-5-7-9-11-13-15-17-19-21-22-23-24-26-28-30-32-34-36-38-40-42-47(55)65-45(44-64-67(61,62)66-53-51(59)49(57)48(56)50(58)52(53)60)43-63-46(54)41-39-37-35-33-31-29-27-25-20-18-16-14-12-10-8-6-4-2/h18,20,45,48-53,56-60H,3-17,19,21-44H2,1-2H3,(H,61,62)/b20-18+/t45-,48?,49-,50?,51?,52?,53?/m1/s1. The Labute approximate surface area is 407 Å². The van der Waals surface area contributed by atoms with E-state index in [1.165, 1.54) is 167 Å². The molecule has 0 saturated heterocycles. The molecule has 1 fully saturated rings. The number of phosphoric acid groups is 1. The number of esters is 2. The number of ether oxygens (including phenoxy) is 2. The predicted octanol–water partition coefficient (Wildman–Crippen LogP) is 12.2. The number of carbonyl (C=O) groups is 2. The van der Waals surface area contributed by atoms with Crippen LogP contribution in [0.2, 0.25) is 0 Å². The highest BCUT2D eigenvalue weighted by atomic mass is 31.2. The number of allylic oxidation sites excluding steroid dienone is 2. The van der Waals surface area contributed by atoms with Gasteiger partial charge in [-0.1, -0.05) is 219 Å². The van der Waals surface area contributed by atoms with Crippen molar-refractivity contribution in [2.45, 2.75) is 301 Å². The van der Waals surface area contributed by atoms with Gasteiger partial charge in [0.05, 0.1) is 6.61 Å². The second-order valence-electron chi connectivity index (χ2n) is 19.4. The van der Waals surface area contributed by atoms with Crippen LogP contribution in [0.25, 0.3) is 0 Å². The third-order valence-electron chi connectivity index (χ3n) is 13.1. The summed E-state index contributed by atoms with van der Waals surface area (Å²) in [5, 5.41) is 50.3. The molecule has 0 aromatic rings. The monoisotopic (exact) mass is 977 g/mol. The van der Waals surface area contributed by atoms with Crippen LogP contribution in [-0.2, 0) is 32.7 Å². The Hall–Kier alpha value is -1.41. The average Bonchev–Trinajstić information content (AvgIpc) is 3.31. The first-order valence-corrected chi connectivity index (χ1v) is 29.0. The highest BCUT2D eigenvalue weighted by Gasteiger charge is 2.51. The molecule has 1 aliphatic rings. The minimum absolute atomic E-state index is 0.102. The molecule has 0 aromatic carbocycles. The topological polar surface area (TPSA) is 210 Å². The molecule has 396 valence electrons. The second kappa shape index (κ2) is 43.4. The maximum absolute atomic E-state index is 12.9. The summed E-state index contributed by atoms with van der Waals surface area (Å²) in [6.45, 7) is 3.35. The van der Waals surface area contributed by atoms with E-state index in [4.69, 9.17) is 18.5 Å². The molecule has 0 spiro atoms. The van der Waals surface area contributed by atoms with Crippen LogP contribution in [0, 0.1) is 0 Å². The lowest BCUT2D eigenvalue weighted by molar-refractivity contribution is -0.220. The summed E-state index contributed by atoms with van der Waals surface area (Å²) in [7, 11) is -5.12. The van der Waals surface area contributed by atoms with Gasteiger partial charge in [-0.3, -0.25) is 18.6 Å². The summed E-state index contributed by atoms with van der Waals surface area (Å²) in [4.78, 5) is 35.9. The van der Waals surface area contributed by atoms with Gasteiger partial charge in [0, 0.05) is 12.8 Å². The van der Waals surface area contributed by atoms with E-state index < -0.39 is 75.7 Å². The zero-order valence-electron chi connectivity index (χ0n) is 42.5. The molecule has 8 atom stereocenters. The molecule has 13 nitrogen and oxygen atoms in total. The number of aliphatic hydroxyl groups is 5.